The number of carbonyl (C=O) groups is 1. The number of nitrogens with one attached hydrogen (secondary N) is 2. The summed E-state index contributed by atoms with van der Waals surface area (Å²) in [5, 5.41) is 19.7. The SMILES string of the molecule is CC(C(=O)NCC1(O)CCNC1)n1cncn1. The molecule has 17 heavy (non-hydrogen) atoms. The van der Waals surface area contributed by atoms with Crippen LogP contribution in [0.3, 0.4) is 0 Å². The highest BCUT2D eigenvalue weighted by molar-refractivity contribution is 5.79. The molecule has 7 nitrogen and oxygen atoms in total. The van der Waals surface area contributed by atoms with E-state index < -0.39 is 11.6 Å². The molecular weight excluding hydrogens is 222 g/mol. The van der Waals surface area contributed by atoms with Crippen molar-refractivity contribution in [2.24, 2.45) is 0 Å². The van der Waals surface area contributed by atoms with Gasteiger partial charge in [-0.2, -0.15) is 5.10 Å². The Bertz CT molecular complexity index is 372. The average molecular weight is 239 g/mol. The highest BCUT2D eigenvalue weighted by atomic mass is 16.3. The zero-order chi connectivity index (χ0) is 12.3. The third-order valence-corrected chi connectivity index (χ3v) is 3.03. The zero-order valence-electron chi connectivity index (χ0n) is 9.76. The van der Waals surface area contributed by atoms with Crippen LogP contribution in [-0.4, -0.2) is 51.0 Å². The maximum absolute atomic E-state index is 11.8. The Hall–Kier alpha value is -1.47. The van der Waals surface area contributed by atoms with E-state index in [9.17, 15) is 9.90 Å². The van der Waals surface area contributed by atoms with Gasteiger partial charge in [0.15, 0.2) is 0 Å². The third kappa shape index (κ3) is 2.80. The second-order valence-corrected chi connectivity index (χ2v) is 4.42. The maximum atomic E-state index is 11.8. The van der Waals surface area contributed by atoms with Gasteiger partial charge in [0.2, 0.25) is 5.91 Å². The number of rotatable bonds is 4. The Balaban J connectivity index is 1.85. The summed E-state index contributed by atoms with van der Waals surface area (Å²) in [5.41, 5.74) is -0.822. The molecule has 0 radical (unpaired) electrons. The van der Waals surface area contributed by atoms with E-state index in [4.69, 9.17) is 0 Å². The fraction of sp³-hybridized carbons (Fsp3) is 0.700. The predicted molar refractivity (Wildman–Crippen MR) is 60.2 cm³/mol. The summed E-state index contributed by atoms with van der Waals surface area (Å²) in [4.78, 5) is 15.6. The molecule has 0 aromatic carbocycles. The Morgan fingerprint density at radius 1 is 1.76 bits per heavy atom. The standard InChI is InChI=1S/C10H17N5O2/c1-8(15-7-12-6-14-15)9(16)13-5-10(17)2-3-11-4-10/h6-8,11,17H,2-5H2,1H3,(H,13,16). The fourth-order valence-corrected chi connectivity index (χ4v) is 1.82. The van der Waals surface area contributed by atoms with Crippen molar-refractivity contribution in [1.82, 2.24) is 25.4 Å². The van der Waals surface area contributed by atoms with Crippen LogP contribution >= 0.6 is 0 Å². The van der Waals surface area contributed by atoms with Gasteiger partial charge in [-0.15, -0.1) is 0 Å². The van der Waals surface area contributed by atoms with Crippen molar-refractivity contribution in [2.45, 2.75) is 25.0 Å². The molecule has 2 heterocycles. The molecule has 0 bridgehead atoms. The van der Waals surface area contributed by atoms with Gasteiger partial charge in [0, 0.05) is 13.1 Å². The number of β-amino-alcohol motifs (C(OH)–C–C–N with tert-alkyl or cyclic N) is 1. The molecule has 1 aliphatic heterocycles. The van der Waals surface area contributed by atoms with Crippen molar-refractivity contribution in [1.29, 1.82) is 0 Å². The molecular formula is C10H17N5O2. The van der Waals surface area contributed by atoms with E-state index in [1.807, 2.05) is 0 Å². The predicted octanol–water partition coefficient (Wildman–Crippen LogP) is -1.32. The van der Waals surface area contributed by atoms with Crippen molar-refractivity contribution in [2.75, 3.05) is 19.6 Å². The number of aliphatic hydroxyl groups is 1. The minimum absolute atomic E-state index is 0.171. The summed E-state index contributed by atoms with van der Waals surface area (Å²) in [6.45, 7) is 3.30. The van der Waals surface area contributed by atoms with Gasteiger partial charge in [0.1, 0.15) is 18.7 Å². The van der Waals surface area contributed by atoms with E-state index >= 15 is 0 Å². The summed E-state index contributed by atoms with van der Waals surface area (Å²) in [6.07, 6.45) is 3.54. The second kappa shape index (κ2) is 4.80. The summed E-state index contributed by atoms with van der Waals surface area (Å²) in [7, 11) is 0. The van der Waals surface area contributed by atoms with Crippen molar-refractivity contribution in [3.05, 3.63) is 12.7 Å². The molecule has 2 rings (SSSR count). The summed E-state index contributed by atoms with van der Waals surface area (Å²) in [5.74, 6) is -0.171. The van der Waals surface area contributed by atoms with Crippen molar-refractivity contribution >= 4 is 5.91 Å². The molecule has 2 unspecified atom stereocenters. The largest absolute Gasteiger partial charge is 0.387 e. The lowest BCUT2D eigenvalue weighted by atomic mass is 10.0. The molecule has 1 aromatic rings. The maximum Gasteiger partial charge on any atom is 0.244 e. The van der Waals surface area contributed by atoms with Crippen LogP contribution in [0.1, 0.15) is 19.4 Å². The Morgan fingerprint density at radius 2 is 2.59 bits per heavy atom. The molecule has 1 aliphatic rings. The average Bonchev–Trinajstić information content (AvgIpc) is 2.96. The molecule has 1 saturated heterocycles. The first-order valence-electron chi connectivity index (χ1n) is 5.66. The Morgan fingerprint density at radius 3 is 3.18 bits per heavy atom. The quantitative estimate of drug-likeness (QED) is 0.606. The van der Waals surface area contributed by atoms with E-state index in [-0.39, 0.29) is 12.5 Å². The number of aromatic nitrogens is 3. The van der Waals surface area contributed by atoms with Crippen LogP contribution in [-0.2, 0) is 4.79 Å². The number of amides is 1. The second-order valence-electron chi connectivity index (χ2n) is 4.42. The van der Waals surface area contributed by atoms with E-state index in [0.29, 0.717) is 13.0 Å². The molecule has 1 aromatic heterocycles. The van der Waals surface area contributed by atoms with Gasteiger partial charge < -0.3 is 15.7 Å². The van der Waals surface area contributed by atoms with Crippen LogP contribution in [0.2, 0.25) is 0 Å². The van der Waals surface area contributed by atoms with Gasteiger partial charge in [-0.1, -0.05) is 0 Å². The smallest absolute Gasteiger partial charge is 0.244 e. The van der Waals surface area contributed by atoms with E-state index in [0.717, 1.165) is 6.54 Å². The van der Waals surface area contributed by atoms with Gasteiger partial charge in [0.05, 0.1) is 5.60 Å². The topological polar surface area (TPSA) is 92.1 Å². The lowest BCUT2D eigenvalue weighted by molar-refractivity contribution is -0.125. The number of hydrogen-bond acceptors (Lipinski definition) is 5. The molecule has 94 valence electrons. The van der Waals surface area contributed by atoms with Crippen LogP contribution in [0.15, 0.2) is 12.7 Å². The molecule has 0 spiro atoms. The van der Waals surface area contributed by atoms with Crippen LogP contribution < -0.4 is 10.6 Å². The first-order chi connectivity index (χ1) is 8.11. The molecule has 1 amide bonds. The summed E-state index contributed by atoms with van der Waals surface area (Å²) < 4.78 is 1.48. The number of hydrogen-bond donors (Lipinski definition) is 3. The minimum Gasteiger partial charge on any atom is -0.387 e. The first kappa shape index (κ1) is 12.0. The van der Waals surface area contributed by atoms with Crippen LogP contribution in [0, 0.1) is 0 Å². The van der Waals surface area contributed by atoms with Crippen molar-refractivity contribution < 1.29 is 9.90 Å². The van der Waals surface area contributed by atoms with Gasteiger partial charge in [-0.25, -0.2) is 9.67 Å². The molecule has 0 saturated carbocycles. The fourth-order valence-electron chi connectivity index (χ4n) is 1.82. The molecule has 7 heteroatoms. The lowest BCUT2D eigenvalue weighted by Crippen LogP contribution is -2.46. The van der Waals surface area contributed by atoms with Crippen LogP contribution in [0.4, 0.5) is 0 Å². The molecule has 1 fully saturated rings. The Labute approximate surface area is 99.2 Å². The Kier molecular flexibility index (Phi) is 3.39. The normalized spacial score (nSPS) is 25.8. The number of carbonyl (C=O) groups excluding carboxylic acids is 1. The molecule has 0 aliphatic carbocycles. The minimum atomic E-state index is -0.822. The van der Waals surface area contributed by atoms with E-state index in [1.165, 1.54) is 17.3 Å². The first-order valence-corrected chi connectivity index (χ1v) is 5.66. The van der Waals surface area contributed by atoms with Gasteiger partial charge in [-0.05, 0) is 19.9 Å². The monoisotopic (exact) mass is 239 g/mol. The zero-order valence-corrected chi connectivity index (χ0v) is 9.76. The van der Waals surface area contributed by atoms with E-state index in [1.54, 1.807) is 6.92 Å². The lowest BCUT2D eigenvalue weighted by Gasteiger charge is -2.22. The van der Waals surface area contributed by atoms with Crippen molar-refractivity contribution in [3.63, 3.8) is 0 Å². The number of nitrogens with zero attached hydrogens (tertiary/aromatic N) is 3. The molecule has 3 N–H and O–H groups in total. The summed E-state index contributed by atoms with van der Waals surface area (Å²) >= 11 is 0. The van der Waals surface area contributed by atoms with Crippen LogP contribution in [0.5, 0.6) is 0 Å². The van der Waals surface area contributed by atoms with E-state index in [2.05, 4.69) is 20.7 Å². The highest BCUT2D eigenvalue weighted by Crippen LogP contribution is 2.13. The third-order valence-electron chi connectivity index (χ3n) is 3.03. The van der Waals surface area contributed by atoms with Crippen LogP contribution in [0.25, 0.3) is 0 Å². The van der Waals surface area contributed by atoms with Gasteiger partial charge in [0.25, 0.3) is 0 Å². The van der Waals surface area contributed by atoms with Crippen molar-refractivity contribution in [3.8, 4) is 0 Å². The molecule has 2 atom stereocenters. The van der Waals surface area contributed by atoms with Gasteiger partial charge in [-0.3, -0.25) is 4.79 Å². The van der Waals surface area contributed by atoms with Gasteiger partial charge >= 0.3 is 0 Å². The summed E-state index contributed by atoms with van der Waals surface area (Å²) in [6, 6.07) is -0.421. The highest BCUT2D eigenvalue weighted by Gasteiger charge is 2.31.